The van der Waals surface area contributed by atoms with Gasteiger partial charge in [0.25, 0.3) is 5.91 Å². The molecule has 0 aliphatic heterocycles. The summed E-state index contributed by atoms with van der Waals surface area (Å²) in [5, 5.41) is 4.20. The summed E-state index contributed by atoms with van der Waals surface area (Å²) in [4.78, 5) is 19.8. The van der Waals surface area contributed by atoms with Gasteiger partial charge in [0.2, 0.25) is 0 Å². The van der Waals surface area contributed by atoms with Crippen molar-refractivity contribution in [1.29, 1.82) is 0 Å². The highest BCUT2D eigenvalue weighted by atomic mass is 32.1. The Morgan fingerprint density at radius 3 is 2.70 bits per heavy atom. The molecule has 0 bridgehead atoms. The SMILES string of the molecule is Cc1nc2[nH]c(C(=O)NC3CCCCCCC3)cc2s1. The zero-order valence-electron chi connectivity index (χ0n) is 11.9. The molecule has 2 aromatic heterocycles. The predicted molar refractivity (Wildman–Crippen MR) is 82.3 cm³/mol. The summed E-state index contributed by atoms with van der Waals surface area (Å²) in [6, 6.07) is 2.25. The summed E-state index contributed by atoms with van der Waals surface area (Å²) in [5.74, 6) is 0.0124. The van der Waals surface area contributed by atoms with Crippen molar-refractivity contribution >= 4 is 27.6 Å². The molecule has 1 aliphatic carbocycles. The molecule has 1 aliphatic rings. The van der Waals surface area contributed by atoms with E-state index in [2.05, 4.69) is 15.3 Å². The molecule has 2 aromatic rings. The van der Waals surface area contributed by atoms with Crippen LogP contribution in [0.2, 0.25) is 0 Å². The Labute approximate surface area is 123 Å². The molecular weight excluding hydrogens is 270 g/mol. The van der Waals surface area contributed by atoms with Gasteiger partial charge in [-0.15, -0.1) is 11.3 Å². The minimum Gasteiger partial charge on any atom is -0.348 e. The van der Waals surface area contributed by atoms with Gasteiger partial charge in [-0.25, -0.2) is 4.98 Å². The minimum atomic E-state index is 0.0124. The Bertz CT molecular complexity index is 562. The van der Waals surface area contributed by atoms with Crippen LogP contribution in [0.1, 0.15) is 60.4 Å². The highest BCUT2D eigenvalue weighted by molar-refractivity contribution is 7.18. The summed E-state index contributed by atoms with van der Waals surface area (Å²) in [5.41, 5.74) is 1.47. The number of thiazole rings is 1. The normalized spacial score (nSPS) is 17.9. The molecule has 20 heavy (non-hydrogen) atoms. The van der Waals surface area contributed by atoms with E-state index in [-0.39, 0.29) is 5.91 Å². The fourth-order valence-corrected chi connectivity index (χ4v) is 3.74. The second-order valence-corrected chi connectivity index (χ2v) is 6.88. The van der Waals surface area contributed by atoms with E-state index in [4.69, 9.17) is 0 Å². The summed E-state index contributed by atoms with van der Waals surface area (Å²) in [6.45, 7) is 1.98. The van der Waals surface area contributed by atoms with E-state index in [0.29, 0.717) is 11.7 Å². The summed E-state index contributed by atoms with van der Waals surface area (Å²) in [7, 11) is 0. The monoisotopic (exact) mass is 291 g/mol. The van der Waals surface area contributed by atoms with Gasteiger partial charge in [-0.1, -0.05) is 32.1 Å². The number of amides is 1. The fourth-order valence-electron chi connectivity index (χ4n) is 2.91. The Hall–Kier alpha value is -1.36. The van der Waals surface area contributed by atoms with Crippen molar-refractivity contribution in [3.05, 3.63) is 16.8 Å². The number of nitrogens with one attached hydrogen (secondary N) is 2. The molecule has 0 unspecified atom stereocenters. The first-order valence-electron chi connectivity index (χ1n) is 7.49. The first-order chi connectivity index (χ1) is 9.72. The molecule has 2 N–H and O–H groups in total. The van der Waals surface area contributed by atoms with Crippen LogP contribution in [0, 0.1) is 6.92 Å². The second kappa shape index (κ2) is 5.95. The first-order valence-corrected chi connectivity index (χ1v) is 8.31. The highest BCUT2D eigenvalue weighted by Crippen LogP contribution is 2.22. The van der Waals surface area contributed by atoms with Crippen LogP contribution in [0.15, 0.2) is 6.07 Å². The molecule has 3 rings (SSSR count). The zero-order chi connectivity index (χ0) is 13.9. The number of aromatic nitrogens is 2. The maximum absolute atomic E-state index is 12.3. The van der Waals surface area contributed by atoms with E-state index < -0.39 is 0 Å². The van der Waals surface area contributed by atoms with Gasteiger partial charge in [0.05, 0.1) is 9.71 Å². The molecule has 1 fully saturated rings. The molecule has 1 amide bonds. The van der Waals surface area contributed by atoms with E-state index in [9.17, 15) is 4.79 Å². The lowest BCUT2D eigenvalue weighted by molar-refractivity contribution is 0.0926. The number of carbonyl (C=O) groups excluding carboxylic acids is 1. The van der Waals surface area contributed by atoms with E-state index in [1.54, 1.807) is 11.3 Å². The van der Waals surface area contributed by atoms with Gasteiger partial charge in [0, 0.05) is 6.04 Å². The first kappa shape index (κ1) is 13.6. The second-order valence-electron chi connectivity index (χ2n) is 5.64. The van der Waals surface area contributed by atoms with Gasteiger partial charge in [0.15, 0.2) is 0 Å². The number of rotatable bonds is 2. The molecule has 108 valence electrons. The fraction of sp³-hybridized carbons (Fsp3) is 0.600. The van der Waals surface area contributed by atoms with Crippen LogP contribution in [0.25, 0.3) is 10.3 Å². The molecule has 0 saturated heterocycles. The van der Waals surface area contributed by atoms with E-state index >= 15 is 0 Å². The Balaban J connectivity index is 1.66. The number of aryl methyl sites for hydroxylation is 1. The van der Waals surface area contributed by atoms with Gasteiger partial charge in [-0.2, -0.15) is 0 Å². The number of aromatic amines is 1. The summed E-state index contributed by atoms with van der Waals surface area (Å²) in [6.07, 6.45) is 8.62. The molecule has 0 aromatic carbocycles. The summed E-state index contributed by atoms with van der Waals surface area (Å²) >= 11 is 1.62. The number of hydrogen-bond donors (Lipinski definition) is 2. The number of H-pyrrole nitrogens is 1. The third kappa shape index (κ3) is 3.03. The smallest absolute Gasteiger partial charge is 0.268 e. The van der Waals surface area contributed by atoms with Crippen LogP contribution >= 0.6 is 11.3 Å². The molecule has 2 heterocycles. The number of carbonyl (C=O) groups is 1. The van der Waals surface area contributed by atoms with Crippen molar-refractivity contribution in [2.75, 3.05) is 0 Å². The zero-order valence-corrected chi connectivity index (χ0v) is 12.7. The number of fused-ring (bicyclic) bond motifs is 1. The lowest BCUT2D eigenvalue weighted by Crippen LogP contribution is -2.35. The van der Waals surface area contributed by atoms with Gasteiger partial charge < -0.3 is 10.3 Å². The summed E-state index contributed by atoms with van der Waals surface area (Å²) < 4.78 is 1.06. The van der Waals surface area contributed by atoms with Gasteiger partial charge in [-0.3, -0.25) is 4.79 Å². The van der Waals surface area contributed by atoms with E-state index in [1.807, 2.05) is 13.0 Å². The third-order valence-electron chi connectivity index (χ3n) is 3.97. The highest BCUT2D eigenvalue weighted by Gasteiger charge is 2.17. The minimum absolute atomic E-state index is 0.0124. The van der Waals surface area contributed by atoms with Crippen molar-refractivity contribution in [2.45, 2.75) is 57.9 Å². The molecule has 1 saturated carbocycles. The Morgan fingerprint density at radius 2 is 2.00 bits per heavy atom. The lowest BCUT2D eigenvalue weighted by atomic mass is 9.96. The molecule has 5 heteroatoms. The van der Waals surface area contributed by atoms with Crippen LogP contribution in [-0.2, 0) is 0 Å². The molecule has 0 atom stereocenters. The van der Waals surface area contributed by atoms with Crippen molar-refractivity contribution in [3.63, 3.8) is 0 Å². The van der Waals surface area contributed by atoms with Crippen LogP contribution in [0.5, 0.6) is 0 Å². The average Bonchev–Trinajstić information content (AvgIpc) is 2.89. The third-order valence-corrected chi connectivity index (χ3v) is 4.89. The molecule has 0 radical (unpaired) electrons. The number of hydrogen-bond acceptors (Lipinski definition) is 3. The molecule has 4 nitrogen and oxygen atoms in total. The van der Waals surface area contributed by atoms with Crippen LogP contribution in [0.4, 0.5) is 0 Å². The Morgan fingerprint density at radius 1 is 1.30 bits per heavy atom. The van der Waals surface area contributed by atoms with Crippen LogP contribution in [-0.4, -0.2) is 21.9 Å². The molecular formula is C15H21N3OS. The van der Waals surface area contributed by atoms with Crippen molar-refractivity contribution in [3.8, 4) is 0 Å². The maximum atomic E-state index is 12.3. The largest absolute Gasteiger partial charge is 0.348 e. The van der Waals surface area contributed by atoms with Gasteiger partial charge in [0.1, 0.15) is 11.3 Å². The lowest BCUT2D eigenvalue weighted by Gasteiger charge is -2.20. The molecule has 0 spiro atoms. The van der Waals surface area contributed by atoms with Crippen LogP contribution in [0.3, 0.4) is 0 Å². The topological polar surface area (TPSA) is 57.8 Å². The standard InChI is InChI=1S/C15H21N3OS/c1-10-16-14-13(20-10)9-12(18-14)15(19)17-11-7-5-3-2-4-6-8-11/h9,11,18H,2-8H2,1H3,(H,17,19). The number of nitrogens with zero attached hydrogens (tertiary/aromatic N) is 1. The van der Waals surface area contributed by atoms with Crippen molar-refractivity contribution in [2.24, 2.45) is 0 Å². The van der Waals surface area contributed by atoms with Crippen LogP contribution < -0.4 is 5.32 Å². The van der Waals surface area contributed by atoms with Crippen molar-refractivity contribution in [1.82, 2.24) is 15.3 Å². The van der Waals surface area contributed by atoms with E-state index in [0.717, 1.165) is 28.2 Å². The Kier molecular flexibility index (Phi) is 4.05. The van der Waals surface area contributed by atoms with Gasteiger partial charge in [-0.05, 0) is 25.8 Å². The quantitative estimate of drug-likeness (QED) is 0.884. The predicted octanol–water partition coefficient (Wildman–Crippen LogP) is 3.78. The van der Waals surface area contributed by atoms with Crippen molar-refractivity contribution < 1.29 is 4.79 Å². The van der Waals surface area contributed by atoms with E-state index in [1.165, 1.54) is 32.1 Å². The maximum Gasteiger partial charge on any atom is 0.268 e. The van der Waals surface area contributed by atoms with Gasteiger partial charge >= 0.3 is 0 Å². The average molecular weight is 291 g/mol.